The monoisotopic (exact) mass is 333 g/mol. The van der Waals surface area contributed by atoms with Crippen LogP contribution in [0.4, 0.5) is 0 Å². The van der Waals surface area contributed by atoms with Crippen molar-refractivity contribution in [2.24, 2.45) is 11.8 Å². The van der Waals surface area contributed by atoms with Gasteiger partial charge in [-0.05, 0) is 49.9 Å². The Morgan fingerprint density at radius 1 is 1.24 bits per heavy atom. The van der Waals surface area contributed by atoms with Crippen LogP contribution in [0.5, 0.6) is 11.5 Å². The Hall–Kier alpha value is -0.680. The van der Waals surface area contributed by atoms with Gasteiger partial charge in [-0.2, -0.15) is 0 Å². The first-order valence-corrected chi connectivity index (χ1v) is 7.44. The van der Waals surface area contributed by atoms with E-state index in [1.165, 1.54) is 0 Å². The van der Waals surface area contributed by atoms with Gasteiger partial charge in [0.25, 0.3) is 0 Å². The summed E-state index contributed by atoms with van der Waals surface area (Å²) in [6.07, 6.45) is 1.08. The van der Waals surface area contributed by atoms with E-state index in [4.69, 9.17) is 21.1 Å². The summed E-state index contributed by atoms with van der Waals surface area (Å²) in [6, 6.07) is 5.34. The molecule has 0 spiro atoms. The van der Waals surface area contributed by atoms with Gasteiger partial charge < -0.3 is 19.9 Å². The van der Waals surface area contributed by atoms with Crippen LogP contribution in [0, 0.1) is 11.8 Å². The topological polar surface area (TPSA) is 50.7 Å². The summed E-state index contributed by atoms with van der Waals surface area (Å²) in [4.78, 5) is 0. The van der Waals surface area contributed by atoms with Gasteiger partial charge in [-0.15, -0.1) is 12.4 Å². The first kappa shape index (κ1) is 16.7. The molecule has 6 heteroatoms. The van der Waals surface area contributed by atoms with Crippen molar-refractivity contribution < 1.29 is 14.6 Å². The fraction of sp³-hybridized carbons (Fsp3) is 0.600. The molecule has 1 saturated carbocycles. The number of hydrogen-bond donors (Lipinski definition) is 2. The zero-order valence-corrected chi connectivity index (χ0v) is 13.5. The first-order chi connectivity index (χ1) is 9.67. The van der Waals surface area contributed by atoms with Crippen molar-refractivity contribution in [3.8, 4) is 11.5 Å². The van der Waals surface area contributed by atoms with E-state index in [1.54, 1.807) is 19.2 Å². The van der Waals surface area contributed by atoms with Crippen LogP contribution in [0.3, 0.4) is 0 Å². The fourth-order valence-corrected chi connectivity index (χ4v) is 3.47. The third-order valence-electron chi connectivity index (χ3n) is 4.41. The lowest BCUT2D eigenvalue weighted by Crippen LogP contribution is -2.42. The number of rotatable bonds is 3. The lowest BCUT2D eigenvalue weighted by molar-refractivity contribution is -0.0231. The van der Waals surface area contributed by atoms with Crippen molar-refractivity contribution in [3.05, 3.63) is 23.2 Å². The van der Waals surface area contributed by atoms with Crippen LogP contribution < -0.4 is 14.8 Å². The van der Waals surface area contributed by atoms with E-state index >= 15 is 0 Å². The number of methoxy groups -OCH3 is 1. The Labute approximate surface area is 136 Å². The van der Waals surface area contributed by atoms with Gasteiger partial charge in [0.15, 0.2) is 0 Å². The highest BCUT2D eigenvalue weighted by Crippen LogP contribution is 2.37. The molecule has 0 amide bonds. The van der Waals surface area contributed by atoms with E-state index in [9.17, 15) is 5.11 Å². The van der Waals surface area contributed by atoms with Gasteiger partial charge in [0, 0.05) is 6.07 Å². The van der Waals surface area contributed by atoms with Crippen LogP contribution in [0.1, 0.15) is 12.8 Å². The second kappa shape index (κ2) is 7.05. The molecule has 21 heavy (non-hydrogen) atoms. The first-order valence-electron chi connectivity index (χ1n) is 7.06. The second-order valence-electron chi connectivity index (χ2n) is 5.67. The van der Waals surface area contributed by atoms with Gasteiger partial charge in [-0.3, -0.25) is 0 Å². The van der Waals surface area contributed by atoms with E-state index in [2.05, 4.69) is 5.32 Å². The van der Waals surface area contributed by atoms with Gasteiger partial charge in [-0.1, -0.05) is 11.6 Å². The van der Waals surface area contributed by atoms with Crippen LogP contribution in [0.2, 0.25) is 5.02 Å². The fourth-order valence-electron chi connectivity index (χ4n) is 3.25. The molecule has 1 aliphatic carbocycles. The maximum atomic E-state index is 10.2. The number of aliphatic hydroxyl groups excluding tert-OH is 1. The molecule has 1 aromatic rings. The van der Waals surface area contributed by atoms with Crippen LogP contribution in [0.25, 0.3) is 0 Å². The summed E-state index contributed by atoms with van der Waals surface area (Å²) in [5.74, 6) is 2.49. The van der Waals surface area contributed by atoms with Crippen LogP contribution in [-0.4, -0.2) is 37.5 Å². The lowest BCUT2D eigenvalue weighted by Gasteiger charge is -2.35. The summed E-state index contributed by atoms with van der Waals surface area (Å²) in [7, 11) is 1.60. The number of fused-ring (bicyclic) bond motifs is 1. The van der Waals surface area contributed by atoms with Crippen molar-refractivity contribution in [3.63, 3.8) is 0 Å². The Bertz CT molecular complexity index is 486. The van der Waals surface area contributed by atoms with Crippen molar-refractivity contribution in [2.45, 2.75) is 25.0 Å². The van der Waals surface area contributed by atoms with Crippen LogP contribution >= 0.6 is 24.0 Å². The van der Waals surface area contributed by atoms with Crippen molar-refractivity contribution in [1.82, 2.24) is 5.32 Å². The molecule has 0 bridgehead atoms. The van der Waals surface area contributed by atoms with Gasteiger partial charge in [0.05, 0.1) is 18.2 Å². The average molecular weight is 334 g/mol. The van der Waals surface area contributed by atoms with E-state index in [0.29, 0.717) is 28.4 Å². The molecule has 118 valence electrons. The van der Waals surface area contributed by atoms with E-state index < -0.39 is 6.10 Å². The molecule has 2 fully saturated rings. The van der Waals surface area contributed by atoms with Gasteiger partial charge in [0.1, 0.15) is 17.6 Å². The summed E-state index contributed by atoms with van der Waals surface area (Å²) in [5.41, 5.74) is 0. The minimum atomic E-state index is -0.422. The zero-order valence-electron chi connectivity index (χ0n) is 11.9. The smallest absolute Gasteiger partial charge is 0.138 e. The predicted octanol–water partition coefficient (Wildman–Crippen LogP) is 2.51. The second-order valence-corrected chi connectivity index (χ2v) is 6.08. The molecule has 0 radical (unpaired) electrons. The van der Waals surface area contributed by atoms with E-state index in [0.717, 1.165) is 25.9 Å². The molecule has 4 atom stereocenters. The SMILES string of the molecule is COc1ccc(O[C@@H]2C[C@@H]3CNC[C@@H]3C[C@H]2O)c(Cl)c1.Cl. The largest absolute Gasteiger partial charge is 0.497 e. The molecular weight excluding hydrogens is 313 g/mol. The zero-order chi connectivity index (χ0) is 14.1. The molecule has 1 aliphatic heterocycles. The average Bonchev–Trinajstić information content (AvgIpc) is 2.88. The number of aliphatic hydroxyl groups is 1. The maximum absolute atomic E-state index is 10.2. The molecule has 4 nitrogen and oxygen atoms in total. The van der Waals surface area contributed by atoms with Crippen molar-refractivity contribution in [2.75, 3.05) is 20.2 Å². The summed E-state index contributed by atoms with van der Waals surface area (Å²) < 4.78 is 11.1. The highest BCUT2D eigenvalue weighted by Gasteiger charge is 2.40. The molecule has 0 aromatic heterocycles. The van der Waals surface area contributed by atoms with Crippen LogP contribution in [0.15, 0.2) is 18.2 Å². The third kappa shape index (κ3) is 3.57. The lowest BCUT2D eigenvalue weighted by atomic mass is 9.78. The summed E-state index contributed by atoms with van der Waals surface area (Å²) >= 11 is 6.19. The highest BCUT2D eigenvalue weighted by atomic mass is 35.5. The Morgan fingerprint density at radius 3 is 2.62 bits per heavy atom. The molecular formula is C15H21Cl2NO3. The number of benzene rings is 1. The number of halogens is 2. The molecule has 1 saturated heterocycles. The number of hydrogen-bond acceptors (Lipinski definition) is 4. The highest BCUT2D eigenvalue weighted by molar-refractivity contribution is 6.32. The normalized spacial score (nSPS) is 31.2. The standard InChI is InChI=1S/C15H20ClNO3.ClH/c1-19-11-2-3-14(12(16)6-11)20-15-5-10-8-17-7-9(10)4-13(15)18;/h2-3,6,9-10,13,15,17-18H,4-5,7-8H2,1H3;1H/t9-,10+,13+,15+;/m0./s1. The minimum Gasteiger partial charge on any atom is -0.497 e. The number of ether oxygens (including phenoxy) is 2. The Morgan fingerprint density at radius 2 is 1.95 bits per heavy atom. The minimum absolute atomic E-state index is 0. The van der Waals surface area contributed by atoms with Gasteiger partial charge in [-0.25, -0.2) is 0 Å². The maximum Gasteiger partial charge on any atom is 0.138 e. The molecule has 3 rings (SSSR count). The Kier molecular flexibility index (Phi) is 5.60. The molecule has 1 aromatic carbocycles. The van der Waals surface area contributed by atoms with Gasteiger partial charge in [0.2, 0.25) is 0 Å². The van der Waals surface area contributed by atoms with Crippen molar-refractivity contribution >= 4 is 24.0 Å². The number of nitrogens with one attached hydrogen (secondary N) is 1. The molecule has 2 aliphatic rings. The molecule has 2 N–H and O–H groups in total. The quantitative estimate of drug-likeness (QED) is 0.892. The predicted molar refractivity (Wildman–Crippen MR) is 84.8 cm³/mol. The summed E-state index contributed by atoms with van der Waals surface area (Å²) in [5, 5.41) is 14.2. The molecule has 0 unspecified atom stereocenters. The summed E-state index contributed by atoms with van der Waals surface area (Å²) in [6.45, 7) is 2.03. The molecule has 1 heterocycles. The van der Waals surface area contributed by atoms with Crippen molar-refractivity contribution in [1.29, 1.82) is 0 Å². The van der Waals surface area contributed by atoms with E-state index in [-0.39, 0.29) is 18.5 Å². The Balaban J connectivity index is 0.00000161. The van der Waals surface area contributed by atoms with Gasteiger partial charge >= 0.3 is 0 Å². The van der Waals surface area contributed by atoms with E-state index in [1.807, 2.05) is 6.07 Å². The third-order valence-corrected chi connectivity index (χ3v) is 4.70. The van der Waals surface area contributed by atoms with Crippen LogP contribution in [-0.2, 0) is 0 Å².